The molecule has 0 fully saturated rings. The number of nitrogens with two attached hydrogens (primary N) is 2. The number of aromatic nitrogens is 7. The molecule has 11 nitrogen and oxygen atoms in total. The van der Waals surface area contributed by atoms with Gasteiger partial charge in [0.1, 0.15) is 11.4 Å². The molecule has 0 spiro atoms. The number of benzene rings is 2. The Kier molecular flexibility index (Phi) is 7.30. The molecule has 0 bridgehead atoms. The van der Waals surface area contributed by atoms with E-state index in [4.69, 9.17) is 16.5 Å². The predicted octanol–water partition coefficient (Wildman–Crippen LogP) is 2.80. The molecule has 0 atom stereocenters. The zero-order valence-electron chi connectivity index (χ0n) is 22.7. The Labute approximate surface area is 235 Å². The second-order valence-electron chi connectivity index (χ2n) is 9.17. The molecule has 2 aromatic carbocycles. The second kappa shape index (κ2) is 11.2. The highest BCUT2D eigenvalue weighted by atomic mass is 16.1. The van der Waals surface area contributed by atoms with E-state index in [1.54, 1.807) is 27.7 Å². The average Bonchev–Trinajstić information content (AvgIpc) is 3.53. The number of carbonyl (C=O) groups excluding carboxylic acids is 1. The number of primary amides is 1. The molecular formula is C30H27N9O2. The Morgan fingerprint density at radius 2 is 1.80 bits per heavy atom. The van der Waals surface area contributed by atoms with Crippen molar-refractivity contribution in [2.24, 2.45) is 12.8 Å². The minimum atomic E-state index is -0.615. The lowest BCUT2D eigenvalue weighted by Crippen LogP contribution is -2.24. The van der Waals surface area contributed by atoms with E-state index in [0.717, 1.165) is 22.8 Å². The van der Waals surface area contributed by atoms with Gasteiger partial charge in [-0.3, -0.25) is 18.8 Å². The fraction of sp³-hybridized carbons (Fsp3) is 0.133. The van der Waals surface area contributed by atoms with Crippen molar-refractivity contribution in [3.8, 4) is 17.5 Å². The van der Waals surface area contributed by atoms with Crippen molar-refractivity contribution >= 4 is 28.3 Å². The molecule has 6 rings (SSSR count). The predicted molar refractivity (Wildman–Crippen MR) is 157 cm³/mol. The Morgan fingerprint density at radius 1 is 1.02 bits per heavy atom. The topological polar surface area (TPSA) is 152 Å². The number of para-hydroxylation sites is 1. The van der Waals surface area contributed by atoms with Crippen LogP contribution < -0.4 is 17.0 Å². The van der Waals surface area contributed by atoms with Crippen molar-refractivity contribution in [2.75, 3.05) is 5.73 Å². The normalized spacial score (nSPS) is 10.6. The van der Waals surface area contributed by atoms with Crippen LogP contribution in [-0.4, -0.2) is 39.8 Å². The quantitative estimate of drug-likeness (QED) is 0.324. The average molecular weight is 546 g/mol. The summed E-state index contributed by atoms with van der Waals surface area (Å²) in [5.41, 5.74) is 14.9. The van der Waals surface area contributed by atoms with Gasteiger partial charge in [-0.2, -0.15) is 5.10 Å². The van der Waals surface area contributed by atoms with Gasteiger partial charge in [-0.1, -0.05) is 43.0 Å². The van der Waals surface area contributed by atoms with E-state index < -0.39 is 5.91 Å². The summed E-state index contributed by atoms with van der Waals surface area (Å²) in [5, 5.41) is 8.56. The van der Waals surface area contributed by atoms with Crippen LogP contribution in [0.1, 0.15) is 39.9 Å². The fourth-order valence-electron chi connectivity index (χ4n) is 4.36. The van der Waals surface area contributed by atoms with Gasteiger partial charge in [0.15, 0.2) is 11.5 Å². The van der Waals surface area contributed by atoms with Crippen LogP contribution in [0.25, 0.3) is 22.2 Å². The van der Waals surface area contributed by atoms with E-state index in [1.807, 2.05) is 75.6 Å². The molecule has 11 heteroatoms. The minimum Gasteiger partial charge on any atom is -0.381 e. The summed E-state index contributed by atoms with van der Waals surface area (Å²) >= 11 is 0. The standard InChI is InChI=1S/C22H18N4O.C8H9N5O/c1-3-20-24-19-11-7-8-17(13-12-16-14-23-25(2)15-16)21(19)22(27)26(20)18-9-5-4-6-10-18;1-4-2-3-13-8(11-4)5(7(10)14)6(9)12-13/h4-11,14-15H,3H2,1-2H3;2-3H,1H3,(H2,9,12)(H2,10,14). The zero-order chi connectivity index (χ0) is 29.1. The van der Waals surface area contributed by atoms with Crippen molar-refractivity contribution in [1.29, 1.82) is 0 Å². The second-order valence-corrected chi connectivity index (χ2v) is 9.17. The first-order valence-electron chi connectivity index (χ1n) is 12.8. The van der Waals surface area contributed by atoms with Gasteiger partial charge >= 0.3 is 0 Å². The summed E-state index contributed by atoms with van der Waals surface area (Å²) < 4.78 is 4.81. The molecule has 0 aliphatic heterocycles. The van der Waals surface area contributed by atoms with Crippen LogP contribution in [-0.2, 0) is 13.5 Å². The summed E-state index contributed by atoms with van der Waals surface area (Å²) in [6.07, 6.45) is 5.88. The van der Waals surface area contributed by atoms with Gasteiger partial charge in [-0.25, -0.2) is 14.5 Å². The van der Waals surface area contributed by atoms with Crippen molar-refractivity contribution in [1.82, 2.24) is 33.9 Å². The summed E-state index contributed by atoms with van der Waals surface area (Å²) in [7, 11) is 1.85. The SMILES string of the molecule is CCc1nc2cccc(C#Cc3cnn(C)c3)c2c(=O)n1-c1ccccc1.Cc1ccn2nc(N)c(C(N)=O)c2n1. The molecular weight excluding hydrogens is 518 g/mol. The summed E-state index contributed by atoms with van der Waals surface area (Å²) in [5.74, 6) is 6.42. The number of aryl methyl sites for hydroxylation is 3. The van der Waals surface area contributed by atoms with Crippen LogP contribution in [0.2, 0.25) is 0 Å². The van der Waals surface area contributed by atoms with E-state index in [0.29, 0.717) is 28.5 Å². The van der Waals surface area contributed by atoms with Gasteiger partial charge in [-0.15, -0.1) is 5.10 Å². The highest BCUT2D eigenvalue weighted by molar-refractivity contribution is 6.03. The lowest BCUT2D eigenvalue weighted by molar-refractivity contribution is 0.100. The molecule has 0 saturated heterocycles. The van der Waals surface area contributed by atoms with Gasteiger partial charge in [0.25, 0.3) is 11.5 Å². The molecule has 0 aliphatic carbocycles. The van der Waals surface area contributed by atoms with Crippen molar-refractivity contribution < 1.29 is 4.79 Å². The monoisotopic (exact) mass is 545 g/mol. The van der Waals surface area contributed by atoms with Crippen molar-refractivity contribution in [3.05, 3.63) is 112 Å². The number of nitrogen functional groups attached to an aromatic ring is 1. The number of rotatable bonds is 3. The fourth-order valence-corrected chi connectivity index (χ4v) is 4.36. The van der Waals surface area contributed by atoms with Crippen LogP contribution in [0.4, 0.5) is 5.82 Å². The molecule has 0 aliphatic rings. The van der Waals surface area contributed by atoms with Gasteiger partial charge in [-0.05, 0) is 37.3 Å². The first-order valence-corrected chi connectivity index (χ1v) is 12.8. The van der Waals surface area contributed by atoms with Crippen LogP contribution in [0.5, 0.6) is 0 Å². The van der Waals surface area contributed by atoms with Crippen LogP contribution in [0, 0.1) is 18.8 Å². The highest BCUT2D eigenvalue weighted by Crippen LogP contribution is 2.17. The highest BCUT2D eigenvalue weighted by Gasteiger charge is 2.16. The van der Waals surface area contributed by atoms with E-state index >= 15 is 0 Å². The maximum Gasteiger partial charge on any atom is 0.267 e. The molecule has 0 unspecified atom stereocenters. The minimum absolute atomic E-state index is 0.0980. The number of carbonyl (C=O) groups is 1. The van der Waals surface area contributed by atoms with E-state index in [2.05, 4.69) is 27.0 Å². The van der Waals surface area contributed by atoms with E-state index in [1.165, 1.54) is 4.52 Å². The maximum absolute atomic E-state index is 13.4. The van der Waals surface area contributed by atoms with Crippen LogP contribution >= 0.6 is 0 Å². The largest absolute Gasteiger partial charge is 0.381 e. The van der Waals surface area contributed by atoms with Gasteiger partial charge in [0.05, 0.1) is 28.4 Å². The number of nitrogens with zero attached hydrogens (tertiary/aromatic N) is 7. The summed E-state index contributed by atoms with van der Waals surface area (Å²) in [4.78, 5) is 33.3. The molecule has 4 N–H and O–H groups in total. The Balaban J connectivity index is 0.000000202. The number of fused-ring (bicyclic) bond motifs is 2. The molecule has 6 aromatic rings. The number of hydrogen-bond donors (Lipinski definition) is 2. The van der Waals surface area contributed by atoms with Crippen LogP contribution in [0.15, 0.2) is 78.0 Å². The van der Waals surface area contributed by atoms with Gasteiger partial charge in [0, 0.05) is 37.1 Å². The van der Waals surface area contributed by atoms with Crippen molar-refractivity contribution in [3.63, 3.8) is 0 Å². The van der Waals surface area contributed by atoms with Gasteiger partial charge < -0.3 is 11.5 Å². The first kappa shape index (κ1) is 26.8. The zero-order valence-corrected chi connectivity index (χ0v) is 22.7. The van der Waals surface area contributed by atoms with Crippen molar-refractivity contribution in [2.45, 2.75) is 20.3 Å². The Hall–Kier alpha value is -5.76. The number of hydrogen-bond acceptors (Lipinski definition) is 7. The van der Waals surface area contributed by atoms with E-state index in [-0.39, 0.29) is 16.9 Å². The lowest BCUT2D eigenvalue weighted by atomic mass is 10.1. The smallest absolute Gasteiger partial charge is 0.267 e. The Morgan fingerprint density at radius 3 is 2.49 bits per heavy atom. The third-order valence-corrected chi connectivity index (χ3v) is 6.24. The third-order valence-electron chi connectivity index (χ3n) is 6.24. The number of anilines is 1. The molecule has 1 amide bonds. The van der Waals surface area contributed by atoms with Crippen LogP contribution in [0.3, 0.4) is 0 Å². The van der Waals surface area contributed by atoms with E-state index in [9.17, 15) is 9.59 Å². The molecule has 0 radical (unpaired) electrons. The molecule has 4 aromatic heterocycles. The lowest BCUT2D eigenvalue weighted by Gasteiger charge is -2.13. The Bertz CT molecular complexity index is 2030. The molecule has 4 heterocycles. The first-order chi connectivity index (χ1) is 19.8. The number of amides is 1. The summed E-state index contributed by atoms with van der Waals surface area (Å²) in [6, 6.07) is 17.0. The molecule has 0 saturated carbocycles. The third kappa shape index (κ3) is 5.39. The maximum atomic E-state index is 13.4. The molecule has 204 valence electrons. The van der Waals surface area contributed by atoms with Gasteiger partial charge in [0.2, 0.25) is 0 Å². The molecule has 41 heavy (non-hydrogen) atoms. The summed E-state index contributed by atoms with van der Waals surface area (Å²) in [6.45, 7) is 3.81.